The quantitative estimate of drug-likeness (QED) is 0.875. The number of rotatable bonds is 4. The lowest BCUT2D eigenvalue weighted by atomic mass is 10.2. The molecule has 0 aliphatic carbocycles. The molecule has 0 atom stereocenters. The highest BCUT2D eigenvalue weighted by Crippen LogP contribution is 2.19. The number of hydrogen-bond donors (Lipinski definition) is 1. The van der Waals surface area contributed by atoms with Gasteiger partial charge in [0.05, 0.1) is 0 Å². The summed E-state index contributed by atoms with van der Waals surface area (Å²) in [6.45, 7) is 3.57. The Morgan fingerprint density at radius 3 is 2.72 bits per heavy atom. The van der Waals surface area contributed by atoms with E-state index in [1.807, 2.05) is 17.0 Å². The number of ether oxygens (including phenoxy) is 1. The van der Waals surface area contributed by atoms with Gasteiger partial charge in [0.25, 0.3) is 5.91 Å². The van der Waals surface area contributed by atoms with E-state index in [9.17, 15) is 4.79 Å². The first-order valence-electron chi connectivity index (χ1n) is 7.81. The Morgan fingerprint density at radius 2 is 1.92 bits per heavy atom. The Bertz CT molecular complexity index is 650. The Kier molecular flexibility index (Phi) is 9.20. The molecule has 6 nitrogen and oxygen atoms in total. The number of carbonyl (C=O) groups is 1. The summed E-state index contributed by atoms with van der Waals surface area (Å²) in [7, 11) is 0. The minimum Gasteiger partial charge on any atom is -0.486 e. The van der Waals surface area contributed by atoms with Crippen molar-refractivity contribution in [2.45, 2.75) is 13.0 Å². The van der Waals surface area contributed by atoms with Crippen LogP contribution in [-0.2, 0) is 6.61 Å². The average molecular weight is 385 g/mol. The summed E-state index contributed by atoms with van der Waals surface area (Å²) in [5.74, 6) is 0.450. The van der Waals surface area contributed by atoms with Gasteiger partial charge >= 0.3 is 0 Å². The molecule has 1 fully saturated rings. The molecule has 136 valence electrons. The number of nitrogens with zero attached hydrogens (tertiary/aromatic N) is 3. The predicted octanol–water partition coefficient (Wildman–Crippen LogP) is 2.33. The van der Waals surface area contributed by atoms with E-state index < -0.39 is 0 Å². The molecule has 1 aliphatic heterocycles. The van der Waals surface area contributed by atoms with Crippen LogP contribution in [-0.4, -0.2) is 47.0 Å². The van der Waals surface area contributed by atoms with Gasteiger partial charge in [-0.05, 0) is 42.8 Å². The Labute approximate surface area is 159 Å². The van der Waals surface area contributed by atoms with Gasteiger partial charge in [0.15, 0.2) is 11.4 Å². The molecule has 8 heteroatoms. The van der Waals surface area contributed by atoms with Crippen LogP contribution in [0.4, 0.5) is 0 Å². The molecular weight excluding hydrogens is 363 g/mol. The minimum atomic E-state index is -0.0703. The molecule has 1 aliphatic rings. The maximum absolute atomic E-state index is 12.7. The Balaban J connectivity index is 0.00000156. The van der Waals surface area contributed by atoms with Crippen molar-refractivity contribution in [2.24, 2.45) is 0 Å². The van der Waals surface area contributed by atoms with Gasteiger partial charge in [-0.1, -0.05) is 0 Å². The van der Waals surface area contributed by atoms with E-state index in [1.54, 1.807) is 30.7 Å². The standard InChI is InChI=1S/C17H20N4O2.2ClH/c22-17(21-11-2-6-18-10-12-21)16-15(3-1-7-20-16)23-13-14-4-8-19-9-5-14;;/h1,3-5,7-9,18H,2,6,10-13H2;2*1H. The maximum Gasteiger partial charge on any atom is 0.276 e. The zero-order chi connectivity index (χ0) is 15.9. The van der Waals surface area contributed by atoms with Crippen LogP contribution in [0, 0.1) is 0 Å². The summed E-state index contributed by atoms with van der Waals surface area (Å²) >= 11 is 0. The van der Waals surface area contributed by atoms with Crippen LogP contribution in [0.1, 0.15) is 22.5 Å². The van der Waals surface area contributed by atoms with Crippen LogP contribution < -0.4 is 10.1 Å². The molecule has 25 heavy (non-hydrogen) atoms. The number of pyridine rings is 2. The van der Waals surface area contributed by atoms with E-state index in [2.05, 4.69) is 15.3 Å². The van der Waals surface area contributed by atoms with E-state index in [0.29, 0.717) is 24.6 Å². The summed E-state index contributed by atoms with van der Waals surface area (Å²) in [5, 5.41) is 3.29. The minimum absolute atomic E-state index is 0. The van der Waals surface area contributed by atoms with Crippen LogP contribution in [0.5, 0.6) is 5.75 Å². The molecule has 2 aromatic heterocycles. The summed E-state index contributed by atoms with van der Waals surface area (Å²) < 4.78 is 5.81. The largest absolute Gasteiger partial charge is 0.486 e. The Morgan fingerprint density at radius 1 is 1.12 bits per heavy atom. The van der Waals surface area contributed by atoms with Gasteiger partial charge in [-0.15, -0.1) is 24.8 Å². The third-order valence-corrected chi connectivity index (χ3v) is 3.74. The van der Waals surface area contributed by atoms with E-state index in [1.165, 1.54) is 0 Å². The smallest absolute Gasteiger partial charge is 0.276 e. The van der Waals surface area contributed by atoms with Gasteiger partial charge in [0, 0.05) is 38.2 Å². The SMILES string of the molecule is Cl.Cl.O=C(c1ncccc1OCc1ccncc1)N1CCCNCC1. The zero-order valence-corrected chi connectivity index (χ0v) is 15.4. The van der Waals surface area contributed by atoms with Crippen molar-refractivity contribution in [3.63, 3.8) is 0 Å². The van der Waals surface area contributed by atoms with Crippen LogP contribution in [0.15, 0.2) is 42.9 Å². The lowest BCUT2D eigenvalue weighted by Gasteiger charge is -2.20. The van der Waals surface area contributed by atoms with Crippen molar-refractivity contribution in [1.29, 1.82) is 0 Å². The molecule has 0 bridgehead atoms. The van der Waals surface area contributed by atoms with Gasteiger partial charge in [0.1, 0.15) is 6.61 Å². The second kappa shape index (κ2) is 10.9. The first-order valence-corrected chi connectivity index (χ1v) is 7.81. The second-order valence-corrected chi connectivity index (χ2v) is 5.39. The fraction of sp³-hybridized carbons (Fsp3) is 0.353. The molecule has 1 N–H and O–H groups in total. The lowest BCUT2D eigenvalue weighted by molar-refractivity contribution is 0.0755. The normalized spacial score (nSPS) is 13.8. The van der Waals surface area contributed by atoms with Gasteiger partial charge in [-0.3, -0.25) is 9.78 Å². The predicted molar refractivity (Wildman–Crippen MR) is 101 cm³/mol. The fourth-order valence-electron chi connectivity index (χ4n) is 2.51. The number of halogens is 2. The summed E-state index contributed by atoms with van der Waals surface area (Å²) in [5.41, 5.74) is 1.38. The van der Waals surface area contributed by atoms with E-state index in [-0.39, 0.29) is 30.7 Å². The number of aromatic nitrogens is 2. The van der Waals surface area contributed by atoms with Gasteiger partial charge in [-0.2, -0.15) is 0 Å². The Hall–Kier alpha value is -1.89. The average Bonchev–Trinajstić information content (AvgIpc) is 2.90. The maximum atomic E-state index is 12.7. The molecule has 0 radical (unpaired) electrons. The summed E-state index contributed by atoms with van der Waals surface area (Å²) in [6, 6.07) is 7.34. The fourth-order valence-corrected chi connectivity index (χ4v) is 2.51. The van der Waals surface area contributed by atoms with E-state index in [4.69, 9.17) is 4.74 Å². The lowest BCUT2D eigenvalue weighted by Crippen LogP contribution is -2.34. The first-order chi connectivity index (χ1) is 11.3. The van der Waals surface area contributed by atoms with Crippen molar-refractivity contribution in [1.82, 2.24) is 20.2 Å². The highest BCUT2D eigenvalue weighted by molar-refractivity contribution is 5.95. The third-order valence-electron chi connectivity index (χ3n) is 3.74. The monoisotopic (exact) mass is 384 g/mol. The van der Waals surface area contributed by atoms with Crippen molar-refractivity contribution >= 4 is 30.7 Å². The number of carbonyl (C=O) groups excluding carboxylic acids is 1. The first kappa shape index (κ1) is 21.2. The van der Waals surface area contributed by atoms with Crippen molar-refractivity contribution in [2.75, 3.05) is 26.2 Å². The number of amides is 1. The van der Waals surface area contributed by atoms with Gasteiger partial charge < -0.3 is 15.0 Å². The van der Waals surface area contributed by atoms with Crippen LogP contribution in [0.25, 0.3) is 0 Å². The molecule has 3 heterocycles. The molecule has 1 amide bonds. The van der Waals surface area contributed by atoms with E-state index >= 15 is 0 Å². The van der Waals surface area contributed by atoms with Crippen molar-refractivity contribution in [3.8, 4) is 5.75 Å². The third kappa shape index (κ3) is 5.85. The van der Waals surface area contributed by atoms with Crippen molar-refractivity contribution < 1.29 is 9.53 Å². The highest BCUT2D eigenvalue weighted by Gasteiger charge is 2.21. The topological polar surface area (TPSA) is 67.3 Å². The van der Waals surface area contributed by atoms with Crippen LogP contribution in [0.2, 0.25) is 0 Å². The summed E-state index contributed by atoms with van der Waals surface area (Å²) in [4.78, 5) is 22.8. The highest BCUT2D eigenvalue weighted by atomic mass is 35.5. The van der Waals surface area contributed by atoms with Gasteiger partial charge in [0.2, 0.25) is 0 Å². The number of nitrogens with one attached hydrogen (secondary N) is 1. The number of hydrogen-bond acceptors (Lipinski definition) is 5. The van der Waals surface area contributed by atoms with Crippen LogP contribution >= 0.6 is 24.8 Å². The van der Waals surface area contributed by atoms with Crippen LogP contribution in [0.3, 0.4) is 0 Å². The molecular formula is C17H22Cl2N4O2. The molecule has 0 unspecified atom stereocenters. The van der Waals surface area contributed by atoms with Crippen molar-refractivity contribution in [3.05, 3.63) is 54.1 Å². The molecule has 1 saturated heterocycles. The van der Waals surface area contributed by atoms with Gasteiger partial charge in [-0.25, -0.2) is 4.98 Å². The zero-order valence-electron chi connectivity index (χ0n) is 13.8. The molecule has 3 rings (SSSR count). The molecule has 2 aromatic rings. The molecule has 0 spiro atoms. The summed E-state index contributed by atoms with van der Waals surface area (Å²) in [6.07, 6.45) is 6.02. The molecule has 0 aromatic carbocycles. The van der Waals surface area contributed by atoms with E-state index in [0.717, 1.165) is 31.6 Å². The molecule has 0 saturated carbocycles. The second-order valence-electron chi connectivity index (χ2n) is 5.39.